The maximum atomic E-state index is 12.5. The molecular weight excluding hydrogens is 298 g/mol. The fourth-order valence-corrected chi connectivity index (χ4v) is 1.74. The third kappa shape index (κ3) is 2.97. The Bertz CT molecular complexity index is 486. The Balaban J connectivity index is 3.22. The first-order valence-electron chi connectivity index (χ1n) is 4.43. The van der Waals surface area contributed by atoms with Gasteiger partial charge in [-0.05, 0) is 15.9 Å². The van der Waals surface area contributed by atoms with Crippen LogP contribution in [0.2, 0.25) is 0 Å². The van der Waals surface area contributed by atoms with Crippen LogP contribution < -0.4 is 0 Å². The summed E-state index contributed by atoms with van der Waals surface area (Å²) in [5.41, 5.74) is -0.348. The van der Waals surface area contributed by atoms with Gasteiger partial charge in [-0.3, -0.25) is 9.78 Å². The number of methoxy groups -OCH3 is 1. The van der Waals surface area contributed by atoms with Gasteiger partial charge in [0, 0.05) is 10.7 Å². The van der Waals surface area contributed by atoms with Gasteiger partial charge in [-0.15, -0.1) is 0 Å². The Labute approximate surface area is 104 Å². The molecule has 0 saturated carbocycles. The largest absolute Gasteiger partial charge is 0.469 e. The molecule has 0 aromatic carbocycles. The fourth-order valence-electron chi connectivity index (χ4n) is 1.15. The summed E-state index contributed by atoms with van der Waals surface area (Å²) < 4.78 is 29.4. The van der Waals surface area contributed by atoms with Gasteiger partial charge in [0.2, 0.25) is 0 Å². The lowest BCUT2D eigenvalue weighted by Gasteiger charge is -2.08. The Morgan fingerprint density at radius 3 is 2.82 bits per heavy atom. The average molecular weight is 305 g/mol. The second kappa shape index (κ2) is 5.68. The Morgan fingerprint density at radius 1 is 1.71 bits per heavy atom. The molecule has 0 radical (unpaired) electrons. The number of carbonyl (C=O) groups is 1. The van der Waals surface area contributed by atoms with Crippen molar-refractivity contribution >= 4 is 21.9 Å². The van der Waals surface area contributed by atoms with Crippen molar-refractivity contribution in [2.45, 2.75) is 12.8 Å². The van der Waals surface area contributed by atoms with Gasteiger partial charge < -0.3 is 4.74 Å². The van der Waals surface area contributed by atoms with E-state index in [1.165, 1.54) is 7.11 Å². The Kier molecular flexibility index (Phi) is 4.52. The highest BCUT2D eigenvalue weighted by atomic mass is 79.9. The molecule has 0 aliphatic carbocycles. The molecule has 0 fully saturated rings. The summed E-state index contributed by atoms with van der Waals surface area (Å²) in [4.78, 5) is 14.7. The summed E-state index contributed by atoms with van der Waals surface area (Å²) in [5.74, 6) is -0.592. The quantitative estimate of drug-likeness (QED) is 0.804. The van der Waals surface area contributed by atoms with Gasteiger partial charge in [-0.25, -0.2) is 8.78 Å². The van der Waals surface area contributed by atoms with E-state index in [1.54, 1.807) is 6.07 Å². The van der Waals surface area contributed by atoms with Crippen molar-refractivity contribution in [1.29, 1.82) is 5.26 Å². The van der Waals surface area contributed by atoms with E-state index in [0.29, 0.717) is 0 Å². The van der Waals surface area contributed by atoms with E-state index in [1.807, 2.05) is 0 Å². The lowest BCUT2D eigenvalue weighted by molar-refractivity contribution is -0.139. The van der Waals surface area contributed by atoms with E-state index in [0.717, 1.165) is 6.20 Å². The van der Waals surface area contributed by atoms with Crippen molar-refractivity contribution in [2.75, 3.05) is 7.11 Å². The molecular formula is C10H7BrF2N2O2. The molecule has 4 nitrogen and oxygen atoms in total. The van der Waals surface area contributed by atoms with Crippen LogP contribution in [0.5, 0.6) is 0 Å². The SMILES string of the molecule is COC(=O)Cc1ncc(C(F)F)c(Br)c1C#N. The first-order valence-corrected chi connectivity index (χ1v) is 5.22. The number of esters is 1. The number of halogens is 3. The molecule has 90 valence electrons. The van der Waals surface area contributed by atoms with E-state index in [2.05, 4.69) is 25.7 Å². The predicted molar refractivity (Wildman–Crippen MR) is 57.3 cm³/mol. The van der Waals surface area contributed by atoms with Crippen molar-refractivity contribution in [3.05, 3.63) is 27.5 Å². The minimum Gasteiger partial charge on any atom is -0.469 e. The lowest BCUT2D eigenvalue weighted by Crippen LogP contribution is -2.09. The van der Waals surface area contributed by atoms with Gasteiger partial charge >= 0.3 is 5.97 Å². The zero-order valence-corrected chi connectivity index (χ0v) is 10.3. The van der Waals surface area contributed by atoms with Gasteiger partial charge in [0.1, 0.15) is 6.07 Å². The van der Waals surface area contributed by atoms with Crippen LogP contribution in [0.4, 0.5) is 8.78 Å². The Morgan fingerprint density at radius 2 is 2.35 bits per heavy atom. The number of nitriles is 1. The van der Waals surface area contributed by atoms with Crippen LogP contribution in [-0.4, -0.2) is 18.1 Å². The van der Waals surface area contributed by atoms with Crippen molar-refractivity contribution in [3.63, 3.8) is 0 Å². The molecule has 0 aliphatic heterocycles. The highest BCUT2D eigenvalue weighted by molar-refractivity contribution is 9.10. The monoisotopic (exact) mass is 304 g/mol. The average Bonchev–Trinajstić information content (AvgIpc) is 2.28. The van der Waals surface area contributed by atoms with E-state index in [4.69, 9.17) is 5.26 Å². The van der Waals surface area contributed by atoms with Gasteiger partial charge in [0.05, 0.1) is 30.4 Å². The molecule has 0 unspecified atom stereocenters. The van der Waals surface area contributed by atoms with Crippen LogP contribution in [0, 0.1) is 11.3 Å². The van der Waals surface area contributed by atoms with Crippen LogP contribution in [0.3, 0.4) is 0 Å². The van der Waals surface area contributed by atoms with Gasteiger partial charge in [-0.2, -0.15) is 5.26 Å². The molecule has 1 rings (SSSR count). The van der Waals surface area contributed by atoms with E-state index < -0.39 is 12.4 Å². The molecule has 0 bridgehead atoms. The minimum atomic E-state index is -2.74. The molecule has 1 heterocycles. The third-order valence-corrected chi connectivity index (χ3v) is 2.86. The van der Waals surface area contributed by atoms with Gasteiger partial charge in [0.25, 0.3) is 6.43 Å². The van der Waals surface area contributed by atoms with Crippen LogP contribution in [0.25, 0.3) is 0 Å². The third-order valence-electron chi connectivity index (χ3n) is 2.01. The standard InChI is InChI=1S/C10H7BrF2N2O2/c1-17-8(16)2-7-5(3-14)9(11)6(4-15-7)10(12)13/h4,10H,2H2,1H3. The summed E-state index contributed by atoms with van der Waals surface area (Å²) in [6.45, 7) is 0. The second-order valence-electron chi connectivity index (χ2n) is 3.01. The highest BCUT2D eigenvalue weighted by Gasteiger charge is 2.20. The number of hydrogen-bond donors (Lipinski definition) is 0. The van der Waals surface area contributed by atoms with E-state index in [-0.39, 0.29) is 27.7 Å². The zero-order valence-electron chi connectivity index (χ0n) is 8.71. The second-order valence-corrected chi connectivity index (χ2v) is 3.81. The summed E-state index contributed by atoms with van der Waals surface area (Å²) in [5, 5.41) is 8.87. The van der Waals surface area contributed by atoms with E-state index >= 15 is 0 Å². The molecule has 0 amide bonds. The fraction of sp³-hybridized carbons (Fsp3) is 0.300. The summed E-state index contributed by atoms with van der Waals surface area (Å²) in [6, 6.07) is 1.74. The molecule has 17 heavy (non-hydrogen) atoms. The molecule has 0 aliphatic rings. The van der Waals surface area contributed by atoms with Gasteiger partial charge in [0.15, 0.2) is 0 Å². The number of carbonyl (C=O) groups excluding carboxylic acids is 1. The van der Waals surface area contributed by atoms with Crippen LogP contribution >= 0.6 is 15.9 Å². The van der Waals surface area contributed by atoms with Crippen molar-refractivity contribution in [2.24, 2.45) is 0 Å². The van der Waals surface area contributed by atoms with E-state index in [9.17, 15) is 13.6 Å². The lowest BCUT2D eigenvalue weighted by atomic mass is 10.1. The predicted octanol–water partition coefficient (Wildman–Crippen LogP) is 2.37. The number of pyridine rings is 1. The first kappa shape index (κ1) is 13.5. The van der Waals surface area contributed by atoms with Crippen molar-refractivity contribution in [3.8, 4) is 6.07 Å². The topological polar surface area (TPSA) is 63.0 Å². The van der Waals surface area contributed by atoms with Crippen molar-refractivity contribution in [1.82, 2.24) is 4.98 Å². The summed E-state index contributed by atoms with van der Waals surface area (Å²) in [7, 11) is 1.19. The molecule has 0 N–H and O–H groups in total. The molecule has 1 aromatic rings. The molecule has 7 heteroatoms. The van der Waals surface area contributed by atoms with Crippen LogP contribution in [-0.2, 0) is 16.0 Å². The molecule has 1 aromatic heterocycles. The summed E-state index contributed by atoms with van der Waals surface area (Å²) >= 11 is 2.91. The van der Waals surface area contributed by atoms with Crippen LogP contribution in [0.15, 0.2) is 10.7 Å². The number of aromatic nitrogens is 1. The normalized spacial score (nSPS) is 10.1. The number of nitrogens with zero attached hydrogens (tertiary/aromatic N) is 2. The van der Waals surface area contributed by atoms with Gasteiger partial charge in [-0.1, -0.05) is 0 Å². The molecule has 0 spiro atoms. The zero-order chi connectivity index (χ0) is 13.0. The highest BCUT2D eigenvalue weighted by Crippen LogP contribution is 2.30. The molecule has 0 saturated heterocycles. The van der Waals surface area contributed by atoms with Crippen molar-refractivity contribution < 1.29 is 18.3 Å². The number of alkyl halides is 2. The molecule has 0 atom stereocenters. The maximum absolute atomic E-state index is 12.5. The number of ether oxygens (including phenoxy) is 1. The minimum absolute atomic E-state index is 0.0381. The maximum Gasteiger partial charge on any atom is 0.311 e. The Hall–Kier alpha value is -1.55. The smallest absolute Gasteiger partial charge is 0.311 e. The first-order chi connectivity index (χ1) is 8.01. The number of hydrogen-bond acceptors (Lipinski definition) is 4. The number of rotatable bonds is 3. The summed E-state index contributed by atoms with van der Waals surface area (Å²) in [6.07, 6.45) is -2.04. The van der Waals surface area contributed by atoms with Crippen LogP contribution in [0.1, 0.15) is 23.2 Å².